The lowest BCUT2D eigenvalue weighted by atomic mass is 9.82. The number of aliphatic hydroxyl groups is 2. The first kappa shape index (κ1) is 20.3. The van der Waals surface area contributed by atoms with Crippen LogP contribution in [0.3, 0.4) is 0 Å². The SMILES string of the molecule is NC1=NC(c2ccc(OC(F)F)cc2)(c2cccc(C(O)C#CCO)c2)C(=O)N1. The molecule has 2 aromatic rings. The molecule has 0 aromatic heterocycles. The molecule has 1 aliphatic rings. The second kappa shape index (κ2) is 8.26. The zero-order valence-electron chi connectivity index (χ0n) is 15.0. The number of amides is 1. The lowest BCUT2D eigenvalue weighted by molar-refractivity contribution is -0.122. The van der Waals surface area contributed by atoms with E-state index in [-0.39, 0.29) is 11.7 Å². The molecule has 1 aliphatic heterocycles. The van der Waals surface area contributed by atoms with Gasteiger partial charge in [-0.05, 0) is 34.9 Å². The van der Waals surface area contributed by atoms with E-state index in [2.05, 4.69) is 26.9 Å². The molecule has 150 valence electrons. The molecule has 0 fully saturated rings. The fourth-order valence-corrected chi connectivity index (χ4v) is 3.06. The van der Waals surface area contributed by atoms with Crippen molar-refractivity contribution >= 4 is 11.9 Å². The summed E-state index contributed by atoms with van der Waals surface area (Å²) in [5.74, 6) is 4.13. The second-order valence-corrected chi connectivity index (χ2v) is 6.07. The monoisotopic (exact) mass is 401 g/mol. The number of nitrogens with two attached hydrogens (primary N) is 1. The normalized spacial score (nSPS) is 19.2. The third-order valence-corrected chi connectivity index (χ3v) is 4.29. The second-order valence-electron chi connectivity index (χ2n) is 6.07. The number of aliphatic imine (C=N–C) groups is 1. The van der Waals surface area contributed by atoms with Crippen LogP contribution in [0.1, 0.15) is 22.8 Å². The van der Waals surface area contributed by atoms with Gasteiger partial charge in [-0.2, -0.15) is 8.78 Å². The molecule has 0 saturated heterocycles. The van der Waals surface area contributed by atoms with Crippen LogP contribution < -0.4 is 15.8 Å². The maximum Gasteiger partial charge on any atom is 0.387 e. The van der Waals surface area contributed by atoms with Gasteiger partial charge < -0.3 is 20.7 Å². The summed E-state index contributed by atoms with van der Waals surface area (Å²) in [5, 5.41) is 21.4. The Balaban J connectivity index is 2.09. The van der Waals surface area contributed by atoms with E-state index >= 15 is 0 Å². The molecule has 2 atom stereocenters. The number of guanidine groups is 1. The molecule has 0 aliphatic carbocycles. The summed E-state index contributed by atoms with van der Waals surface area (Å²) in [6.45, 7) is -3.38. The average molecular weight is 401 g/mol. The molecule has 0 bridgehead atoms. The first-order valence-electron chi connectivity index (χ1n) is 8.46. The molecule has 0 saturated carbocycles. The van der Waals surface area contributed by atoms with E-state index in [9.17, 15) is 18.7 Å². The van der Waals surface area contributed by atoms with Crippen LogP contribution >= 0.6 is 0 Å². The van der Waals surface area contributed by atoms with E-state index in [4.69, 9.17) is 10.8 Å². The van der Waals surface area contributed by atoms with Crippen LogP contribution in [0.4, 0.5) is 8.78 Å². The maximum absolute atomic E-state index is 12.8. The maximum atomic E-state index is 12.8. The van der Waals surface area contributed by atoms with Gasteiger partial charge in [0.15, 0.2) is 11.5 Å². The van der Waals surface area contributed by atoms with E-state index in [1.165, 1.54) is 24.3 Å². The molecule has 3 rings (SSSR count). The zero-order valence-corrected chi connectivity index (χ0v) is 15.0. The molecular formula is C20H17F2N3O4. The van der Waals surface area contributed by atoms with Gasteiger partial charge >= 0.3 is 6.61 Å². The summed E-state index contributed by atoms with van der Waals surface area (Å²) in [4.78, 5) is 17.1. The Morgan fingerprint density at radius 3 is 2.52 bits per heavy atom. The van der Waals surface area contributed by atoms with Crippen molar-refractivity contribution in [1.29, 1.82) is 0 Å². The molecule has 2 unspecified atom stereocenters. The molecular weight excluding hydrogens is 384 g/mol. The Morgan fingerprint density at radius 1 is 1.21 bits per heavy atom. The van der Waals surface area contributed by atoms with Crippen LogP contribution in [0.25, 0.3) is 0 Å². The van der Waals surface area contributed by atoms with Gasteiger partial charge in [0.25, 0.3) is 5.91 Å². The van der Waals surface area contributed by atoms with Crippen LogP contribution in [-0.2, 0) is 10.3 Å². The Bertz CT molecular complexity index is 999. The van der Waals surface area contributed by atoms with Crippen molar-refractivity contribution in [3.05, 3.63) is 65.2 Å². The average Bonchev–Trinajstić information content (AvgIpc) is 3.01. The number of carbonyl (C=O) groups is 1. The highest BCUT2D eigenvalue weighted by Crippen LogP contribution is 2.38. The first-order valence-corrected chi connectivity index (χ1v) is 8.46. The number of hydrogen-bond acceptors (Lipinski definition) is 6. The van der Waals surface area contributed by atoms with Crippen LogP contribution in [0.15, 0.2) is 53.5 Å². The molecule has 7 nitrogen and oxygen atoms in total. The van der Waals surface area contributed by atoms with E-state index in [0.29, 0.717) is 16.7 Å². The van der Waals surface area contributed by atoms with Crippen molar-refractivity contribution in [3.8, 4) is 17.6 Å². The van der Waals surface area contributed by atoms with Crippen LogP contribution in [-0.4, -0.2) is 35.3 Å². The molecule has 1 heterocycles. The minimum Gasteiger partial charge on any atom is -0.435 e. The highest BCUT2D eigenvalue weighted by atomic mass is 19.3. The number of nitrogens with one attached hydrogen (secondary N) is 1. The number of carbonyl (C=O) groups excluding carboxylic acids is 1. The van der Waals surface area contributed by atoms with Crippen molar-refractivity contribution in [2.24, 2.45) is 10.7 Å². The summed E-state index contributed by atoms with van der Waals surface area (Å²) in [6.07, 6.45) is -1.19. The Hall–Kier alpha value is -3.48. The molecule has 29 heavy (non-hydrogen) atoms. The van der Waals surface area contributed by atoms with Crippen LogP contribution in [0.2, 0.25) is 0 Å². The molecule has 2 aromatic carbocycles. The van der Waals surface area contributed by atoms with Crippen molar-refractivity contribution in [1.82, 2.24) is 5.32 Å². The molecule has 0 radical (unpaired) electrons. The van der Waals surface area contributed by atoms with Gasteiger partial charge in [0.1, 0.15) is 18.5 Å². The van der Waals surface area contributed by atoms with Gasteiger partial charge in [-0.3, -0.25) is 10.1 Å². The van der Waals surface area contributed by atoms with Crippen molar-refractivity contribution in [3.63, 3.8) is 0 Å². The standard InChI is InChI=1S/C20H17F2N3O4/c21-18(22)29-15-8-6-13(7-9-15)20(17(28)24-19(23)25-20)14-4-1-3-12(11-14)16(27)5-2-10-26/h1,3-4,6-9,11,16,18,26-27H,10H2,(H3,23,24,25,28). The highest BCUT2D eigenvalue weighted by molar-refractivity contribution is 6.09. The summed E-state index contributed by atoms with van der Waals surface area (Å²) in [7, 11) is 0. The van der Waals surface area contributed by atoms with E-state index in [0.717, 1.165) is 0 Å². The van der Waals surface area contributed by atoms with E-state index < -0.39 is 30.8 Å². The lowest BCUT2D eigenvalue weighted by Crippen LogP contribution is -2.39. The van der Waals surface area contributed by atoms with Crippen molar-refractivity contribution < 1.29 is 28.5 Å². The number of hydrogen-bond donors (Lipinski definition) is 4. The predicted molar refractivity (Wildman–Crippen MR) is 99.9 cm³/mol. The van der Waals surface area contributed by atoms with Crippen molar-refractivity contribution in [2.45, 2.75) is 18.3 Å². The topological polar surface area (TPSA) is 117 Å². The van der Waals surface area contributed by atoms with E-state index in [1.54, 1.807) is 24.3 Å². The van der Waals surface area contributed by atoms with Crippen molar-refractivity contribution in [2.75, 3.05) is 6.61 Å². The molecule has 1 amide bonds. The molecule has 9 heteroatoms. The zero-order chi connectivity index (χ0) is 21.0. The third-order valence-electron chi connectivity index (χ3n) is 4.29. The number of aliphatic hydroxyl groups excluding tert-OH is 2. The first-order chi connectivity index (χ1) is 13.9. The Morgan fingerprint density at radius 2 is 1.93 bits per heavy atom. The number of nitrogens with zero attached hydrogens (tertiary/aromatic N) is 1. The minimum atomic E-state index is -2.98. The molecule has 5 N–H and O–H groups in total. The highest BCUT2D eigenvalue weighted by Gasteiger charge is 2.46. The number of ether oxygens (including phenoxy) is 1. The minimum absolute atomic E-state index is 0.0716. The van der Waals surface area contributed by atoms with E-state index in [1.807, 2.05) is 0 Å². The summed E-state index contributed by atoms with van der Waals surface area (Å²) >= 11 is 0. The number of alkyl halides is 2. The van der Waals surface area contributed by atoms with Gasteiger partial charge in [0, 0.05) is 0 Å². The van der Waals surface area contributed by atoms with Gasteiger partial charge in [-0.15, -0.1) is 0 Å². The van der Waals surface area contributed by atoms with Gasteiger partial charge in [-0.25, -0.2) is 4.99 Å². The summed E-state index contributed by atoms with van der Waals surface area (Å²) in [6, 6.07) is 11.9. The van der Waals surface area contributed by atoms with Crippen LogP contribution in [0.5, 0.6) is 5.75 Å². The predicted octanol–water partition coefficient (Wildman–Crippen LogP) is 1.01. The third kappa shape index (κ3) is 4.03. The van der Waals surface area contributed by atoms with Gasteiger partial charge in [0.05, 0.1) is 0 Å². The van der Waals surface area contributed by atoms with Gasteiger partial charge in [0.2, 0.25) is 0 Å². The number of rotatable bonds is 5. The quantitative estimate of drug-likeness (QED) is 0.558. The Kier molecular flexibility index (Phi) is 5.77. The number of halogens is 2. The Labute approximate surface area is 164 Å². The van der Waals surface area contributed by atoms with Crippen LogP contribution in [0, 0.1) is 11.8 Å². The largest absolute Gasteiger partial charge is 0.435 e. The summed E-state index contributed by atoms with van der Waals surface area (Å²) < 4.78 is 29.2. The fourth-order valence-electron chi connectivity index (χ4n) is 3.06. The summed E-state index contributed by atoms with van der Waals surface area (Å²) in [5.41, 5.74) is 5.29. The fraction of sp³-hybridized carbons (Fsp3) is 0.200. The van der Waals surface area contributed by atoms with Gasteiger partial charge in [-0.1, -0.05) is 42.2 Å². The number of benzene rings is 2. The smallest absolute Gasteiger partial charge is 0.387 e. The lowest BCUT2D eigenvalue weighted by Gasteiger charge is -2.25. The molecule has 0 spiro atoms.